The van der Waals surface area contributed by atoms with E-state index in [4.69, 9.17) is 0 Å². The summed E-state index contributed by atoms with van der Waals surface area (Å²) in [6, 6.07) is 9.19. The Hall–Kier alpha value is -2.28. The molecular formula is C13H10BrN3O3. The Morgan fingerprint density at radius 3 is 2.50 bits per heavy atom. The lowest BCUT2D eigenvalue weighted by Crippen LogP contribution is -2.27. The number of amides is 1. The zero-order chi connectivity index (χ0) is 14.7. The van der Waals surface area contributed by atoms with E-state index < -0.39 is 4.92 Å². The summed E-state index contributed by atoms with van der Waals surface area (Å²) in [7, 11) is 1.59. The van der Waals surface area contributed by atoms with Gasteiger partial charge in [-0.15, -0.1) is 0 Å². The van der Waals surface area contributed by atoms with Crippen LogP contribution in [0, 0.1) is 10.1 Å². The van der Waals surface area contributed by atoms with Gasteiger partial charge in [0, 0.05) is 35.5 Å². The Labute approximate surface area is 123 Å². The highest BCUT2D eigenvalue weighted by Crippen LogP contribution is 2.21. The summed E-state index contributed by atoms with van der Waals surface area (Å²) in [5.41, 5.74) is 0.820. The summed E-state index contributed by atoms with van der Waals surface area (Å²) >= 11 is 3.27. The van der Waals surface area contributed by atoms with Gasteiger partial charge >= 0.3 is 0 Å². The lowest BCUT2D eigenvalue weighted by atomic mass is 10.2. The molecule has 0 fully saturated rings. The van der Waals surface area contributed by atoms with Crippen LogP contribution in [0.15, 0.2) is 47.1 Å². The van der Waals surface area contributed by atoms with Gasteiger partial charge in [0.25, 0.3) is 11.6 Å². The molecule has 102 valence electrons. The number of non-ortho nitro benzene ring substituents is 1. The van der Waals surface area contributed by atoms with Gasteiger partial charge in [0.05, 0.1) is 4.92 Å². The minimum atomic E-state index is -0.485. The predicted octanol–water partition coefficient (Wildman–Crippen LogP) is 3.03. The highest BCUT2D eigenvalue weighted by Gasteiger charge is 2.18. The molecule has 1 aromatic heterocycles. The van der Waals surface area contributed by atoms with E-state index in [9.17, 15) is 14.9 Å². The van der Waals surface area contributed by atoms with Crippen LogP contribution in [0.5, 0.6) is 0 Å². The van der Waals surface area contributed by atoms with E-state index >= 15 is 0 Å². The van der Waals surface area contributed by atoms with Gasteiger partial charge in [0.15, 0.2) is 0 Å². The van der Waals surface area contributed by atoms with Crippen LogP contribution in [-0.2, 0) is 0 Å². The summed E-state index contributed by atoms with van der Waals surface area (Å²) in [5.74, 6) is -0.300. The molecule has 1 heterocycles. The molecule has 0 saturated carbocycles. The van der Waals surface area contributed by atoms with E-state index in [-0.39, 0.29) is 17.3 Å². The van der Waals surface area contributed by atoms with Gasteiger partial charge in [-0.05, 0) is 40.2 Å². The van der Waals surface area contributed by atoms with E-state index in [2.05, 4.69) is 20.9 Å². The first-order valence-corrected chi connectivity index (χ1v) is 6.43. The third-order valence-electron chi connectivity index (χ3n) is 2.71. The second kappa shape index (κ2) is 5.79. The fraction of sp³-hybridized carbons (Fsp3) is 0.0769. The number of aromatic nitrogens is 1. The molecule has 0 spiro atoms. The Balaban J connectivity index is 2.27. The first-order valence-electron chi connectivity index (χ1n) is 5.63. The van der Waals surface area contributed by atoms with Gasteiger partial charge in [-0.3, -0.25) is 14.9 Å². The number of halogens is 1. The van der Waals surface area contributed by atoms with Crippen molar-refractivity contribution in [2.24, 2.45) is 0 Å². The van der Waals surface area contributed by atoms with Crippen LogP contribution >= 0.6 is 15.9 Å². The van der Waals surface area contributed by atoms with Crippen molar-refractivity contribution in [3.05, 3.63) is 62.9 Å². The molecule has 0 N–H and O–H groups in total. The van der Waals surface area contributed by atoms with Gasteiger partial charge in [-0.25, -0.2) is 4.98 Å². The Morgan fingerprint density at radius 2 is 1.95 bits per heavy atom. The summed E-state index contributed by atoms with van der Waals surface area (Å²) < 4.78 is 0.596. The molecule has 6 nitrogen and oxygen atoms in total. The Kier molecular flexibility index (Phi) is 4.09. The fourth-order valence-electron chi connectivity index (χ4n) is 1.62. The summed E-state index contributed by atoms with van der Waals surface area (Å²) in [6.07, 6.45) is 1.53. The number of carbonyl (C=O) groups excluding carboxylic acids is 1. The fourth-order valence-corrected chi connectivity index (χ4v) is 2.04. The second-order valence-electron chi connectivity index (χ2n) is 3.97. The van der Waals surface area contributed by atoms with E-state index in [0.717, 1.165) is 0 Å². The maximum absolute atomic E-state index is 12.3. The maximum Gasteiger partial charge on any atom is 0.277 e. The zero-order valence-electron chi connectivity index (χ0n) is 10.5. The van der Waals surface area contributed by atoms with Crippen molar-refractivity contribution in [2.45, 2.75) is 0 Å². The van der Waals surface area contributed by atoms with Gasteiger partial charge in [-0.2, -0.15) is 0 Å². The standard InChI is InChI=1S/C13H10BrN3O3/c1-16(9-4-6-10(7-5-9)17(19)20)13(18)12-11(14)3-2-8-15-12/h2-8H,1H3. The minimum Gasteiger partial charge on any atom is -0.310 e. The number of pyridine rings is 1. The number of rotatable bonds is 3. The normalized spacial score (nSPS) is 10.1. The topological polar surface area (TPSA) is 76.3 Å². The van der Waals surface area contributed by atoms with Crippen molar-refractivity contribution in [1.82, 2.24) is 4.98 Å². The lowest BCUT2D eigenvalue weighted by molar-refractivity contribution is -0.384. The average molecular weight is 336 g/mol. The molecule has 0 unspecified atom stereocenters. The number of hydrogen-bond acceptors (Lipinski definition) is 4. The van der Waals surface area contributed by atoms with E-state index in [1.807, 2.05) is 0 Å². The van der Waals surface area contributed by atoms with Crippen LogP contribution in [0.25, 0.3) is 0 Å². The van der Waals surface area contributed by atoms with Gasteiger partial charge in [0.1, 0.15) is 5.69 Å². The molecule has 2 aromatic rings. The van der Waals surface area contributed by atoms with E-state index in [0.29, 0.717) is 10.2 Å². The smallest absolute Gasteiger partial charge is 0.277 e. The molecule has 2 rings (SSSR count). The molecule has 0 aliphatic carbocycles. The maximum atomic E-state index is 12.3. The van der Waals surface area contributed by atoms with Crippen LogP contribution in [0.1, 0.15) is 10.5 Å². The van der Waals surface area contributed by atoms with E-state index in [1.165, 1.54) is 35.4 Å². The lowest BCUT2D eigenvalue weighted by Gasteiger charge is -2.17. The molecular weight excluding hydrogens is 326 g/mol. The average Bonchev–Trinajstić information content (AvgIpc) is 2.46. The molecule has 20 heavy (non-hydrogen) atoms. The SMILES string of the molecule is CN(C(=O)c1ncccc1Br)c1ccc([N+](=O)[O-])cc1. The molecule has 1 aromatic carbocycles. The summed E-state index contributed by atoms with van der Waals surface area (Å²) in [4.78, 5) is 27.8. The Morgan fingerprint density at radius 1 is 1.30 bits per heavy atom. The van der Waals surface area contributed by atoms with Gasteiger partial charge in [-0.1, -0.05) is 0 Å². The van der Waals surface area contributed by atoms with Gasteiger partial charge < -0.3 is 4.90 Å². The summed E-state index contributed by atoms with van der Waals surface area (Å²) in [5, 5.41) is 10.6. The van der Waals surface area contributed by atoms with Crippen LogP contribution in [-0.4, -0.2) is 22.9 Å². The number of carbonyl (C=O) groups is 1. The highest BCUT2D eigenvalue weighted by molar-refractivity contribution is 9.10. The predicted molar refractivity (Wildman–Crippen MR) is 77.8 cm³/mol. The molecule has 7 heteroatoms. The van der Waals surface area contributed by atoms with Crippen molar-refractivity contribution in [3.63, 3.8) is 0 Å². The van der Waals surface area contributed by atoms with E-state index in [1.54, 1.807) is 19.2 Å². The highest BCUT2D eigenvalue weighted by atomic mass is 79.9. The second-order valence-corrected chi connectivity index (χ2v) is 4.83. The number of nitro groups is 1. The first kappa shape index (κ1) is 14.1. The first-order chi connectivity index (χ1) is 9.50. The largest absolute Gasteiger partial charge is 0.310 e. The number of nitro benzene ring substituents is 1. The minimum absolute atomic E-state index is 0.0198. The van der Waals surface area contributed by atoms with Crippen molar-refractivity contribution < 1.29 is 9.72 Å². The zero-order valence-corrected chi connectivity index (χ0v) is 12.1. The number of anilines is 1. The van der Waals surface area contributed by atoms with Crippen molar-refractivity contribution >= 4 is 33.2 Å². The monoisotopic (exact) mass is 335 g/mol. The quantitative estimate of drug-likeness (QED) is 0.638. The summed E-state index contributed by atoms with van der Waals surface area (Å²) in [6.45, 7) is 0. The third kappa shape index (κ3) is 2.83. The number of nitrogens with zero attached hydrogens (tertiary/aromatic N) is 3. The van der Waals surface area contributed by atoms with Crippen LogP contribution in [0.2, 0.25) is 0 Å². The van der Waals surface area contributed by atoms with Crippen LogP contribution in [0.3, 0.4) is 0 Å². The molecule has 0 saturated heterocycles. The molecule has 0 aliphatic rings. The van der Waals surface area contributed by atoms with Crippen molar-refractivity contribution in [3.8, 4) is 0 Å². The van der Waals surface area contributed by atoms with Crippen molar-refractivity contribution in [1.29, 1.82) is 0 Å². The molecule has 0 atom stereocenters. The molecule has 0 bridgehead atoms. The number of benzene rings is 1. The van der Waals surface area contributed by atoms with Crippen LogP contribution < -0.4 is 4.90 Å². The van der Waals surface area contributed by atoms with Gasteiger partial charge in [0.2, 0.25) is 0 Å². The van der Waals surface area contributed by atoms with Crippen LogP contribution in [0.4, 0.5) is 11.4 Å². The molecule has 1 amide bonds. The molecule has 0 radical (unpaired) electrons. The third-order valence-corrected chi connectivity index (χ3v) is 3.35. The number of hydrogen-bond donors (Lipinski definition) is 0. The molecule has 0 aliphatic heterocycles. The Bertz CT molecular complexity index is 658. The van der Waals surface area contributed by atoms with Crippen molar-refractivity contribution in [2.75, 3.05) is 11.9 Å².